The number of carbonyl (C=O) groups is 1. The number of carbonyl (C=O) groups excluding carboxylic acids is 1. The average molecular weight is 528 g/mol. The zero-order valence-electron chi connectivity index (χ0n) is 20.4. The number of fused-ring (bicyclic) bond motifs is 1. The van der Waals surface area contributed by atoms with E-state index in [1.807, 2.05) is 6.92 Å². The fourth-order valence-electron chi connectivity index (χ4n) is 4.56. The summed E-state index contributed by atoms with van der Waals surface area (Å²) < 4.78 is 50.6. The molecule has 0 radical (unpaired) electrons. The van der Waals surface area contributed by atoms with Crippen molar-refractivity contribution in [3.8, 4) is 11.1 Å². The summed E-state index contributed by atoms with van der Waals surface area (Å²) in [5.41, 5.74) is 0.430. The molecule has 198 valence electrons. The van der Waals surface area contributed by atoms with Crippen molar-refractivity contribution >= 4 is 17.2 Å². The molecular weight excluding hydrogens is 495 g/mol. The molecule has 1 amide bonds. The quantitative estimate of drug-likeness (QED) is 0.506. The Morgan fingerprint density at radius 2 is 2.00 bits per heavy atom. The monoisotopic (exact) mass is 527 g/mol. The standard InChI is InChI=1S/C24H32F3N5O3S/c1-16-12-29-22(13-28-16)34-15-21(33)30-17-2-6-24(27,7-3-17)8-11-32-9-4-18-19(5-10-32)36-23(31-18)35-14-20(25)26/h12-13,17,20H,2-11,14-15H2,1H3,(H,30,33). The smallest absolute Gasteiger partial charge is 0.273 e. The van der Waals surface area contributed by atoms with Gasteiger partial charge in [-0.25, -0.2) is 23.1 Å². The van der Waals surface area contributed by atoms with Crippen molar-refractivity contribution in [3.63, 3.8) is 0 Å². The third-order valence-electron chi connectivity index (χ3n) is 6.64. The molecule has 8 nitrogen and oxygen atoms in total. The normalized spacial score (nSPS) is 22.6. The average Bonchev–Trinajstić information content (AvgIpc) is 3.15. The number of rotatable bonds is 10. The number of nitrogens with one attached hydrogen (secondary N) is 1. The number of halogens is 3. The molecule has 2 aliphatic rings. The van der Waals surface area contributed by atoms with Gasteiger partial charge in [0.05, 0.1) is 23.8 Å². The van der Waals surface area contributed by atoms with Crippen LogP contribution in [-0.4, -0.2) is 76.7 Å². The van der Waals surface area contributed by atoms with Crippen LogP contribution < -0.4 is 14.8 Å². The van der Waals surface area contributed by atoms with E-state index in [4.69, 9.17) is 9.47 Å². The van der Waals surface area contributed by atoms with Crippen molar-refractivity contribution in [1.82, 2.24) is 25.2 Å². The molecule has 0 aromatic carbocycles. The summed E-state index contributed by atoms with van der Waals surface area (Å²) in [6.07, 6.45) is 4.45. The number of alkyl halides is 3. The maximum Gasteiger partial charge on any atom is 0.273 e. The van der Waals surface area contributed by atoms with E-state index >= 15 is 4.39 Å². The Hall–Kier alpha value is -2.47. The lowest BCUT2D eigenvalue weighted by atomic mass is 9.81. The van der Waals surface area contributed by atoms with E-state index in [1.165, 1.54) is 17.5 Å². The van der Waals surface area contributed by atoms with Gasteiger partial charge in [0.2, 0.25) is 5.88 Å². The highest BCUT2D eigenvalue weighted by Gasteiger charge is 2.36. The molecular formula is C24H32F3N5O3S. The number of aromatic nitrogens is 3. The molecule has 12 heteroatoms. The highest BCUT2D eigenvalue weighted by molar-refractivity contribution is 7.13. The van der Waals surface area contributed by atoms with Gasteiger partial charge in [0.1, 0.15) is 5.67 Å². The van der Waals surface area contributed by atoms with Crippen molar-refractivity contribution < 1.29 is 27.4 Å². The fraction of sp³-hybridized carbons (Fsp3) is 0.667. The minimum atomic E-state index is -2.52. The lowest BCUT2D eigenvalue weighted by Gasteiger charge is -2.35. The van der Waals surface area contributed by atoms with Crippen LogP contribution in [0.4, 0.5) is 13.2 Å². The molecule has 0 saturated heterocycles. The molecule has 0 unspecified atom stereocenters. The number of amides is 1. The number of hydrogen-bond acceptors (Lipinski definition) is 8. The van der Waals surface area contributed by atoms with Gasteiger partial charge in [-0.2, -0.15) is 0 Å². The van der Waals surface area contributed by atoms with Crippen LogP contribution in [0.2, 0.25) is 0 Å². The summed E-state index contributed by atoms with van der Waals surface area (Å²) in [4.78, 5) is 28.0. The Morgan fingerprint density at radius 1 is 1.22 bits per heavy atom. The molecule has 1 aliphatic carbocycles. The van der Waals surface area contributed by atoms with E-state index in [9.17, 15) is 13.6 Å². The Labute approximate surface area is 212 Å². The van der Waals surface area contributed by atoms with Crippen LogP contribution in [-0.2, 0) is 17.6 Å². The fourth-order valence-corrected chi connectivity index (χ4v) is 5.51. The molecule has 3 heterocycles. The number of nitrogens with zero attached hydrogens (tertiary/aromatic N) is 4. The number of ether oxygens (including phenoxy) is 2. The van der Waals surface area contributed by atoms with Gasteiger partial charge < -0.3 is 19.7 Å². The largest absolute Gasteiger partial charge is 0.466 e. The van der Waals surface area contributed by atoms with Gasteiger partial charge in [-0.05, 0) is 45.4 Å². The maximum atomic E-state index is 15.5. The molecule has 1 saturated carbocycles. The van der Waals surface area contributed by atoms with Crippen molar-refractivity contribution in [2.24, 2.45) is 0 Å². The Kier molecular flexibility index (Phi) is 9.00. The van der Waals surface area contributed by atoms with Crippen LogP contribution >= 0.6 is 11.3 Å². The molecule has 4 rings (SSSR count). The molecule has 1 N–H and O–H groups in total. The molecule has 2 aromatic rings. The lowest BCUT2D eigenvalue weighted by molar-refractivity contribution is -0.124. The van der Waals surface area contributed by atoms with Crippen LogP contribution in [0, 0.1) is 6.92 Å². The Balaban J connectivity index is 1.14. The minimum Gasteiger partial charge on any atom is -0.466 e. The van der Waals surface area contributed by atoms with Crippen LogP contribution in [0.25, 0.3) is 0 Å². The molecule has 0 bridgehead atoms. The molecule has 2 aromatic heterocycles. The zero-order valence-corrected chi connectivity index (χ0v) is 21.2. The van der Waals surface area contributed by atoms with Gasteiger partial charge in [0.25, 0.3) is 17.5 Å². The molecule has 36 heavy (non-hydrogen) atoms. The van der Waals surface area contributed by atoms with Crippen LogP contribution in [0.15, 0.2) is 12.4 Å². The number of aryl methyl sites for hydroxylation is 1. The first-order chi connectivity index (χ1) is 17.3. The summed E-state index contributed by atoms with van der Waals surface area (Å²) in [6.45, 7) is 3.22. The zero-order chi connectivity index (χ0) is 25.5. The van der Waals surface area contributed by atoms with E-state index < -0.39 is 18.7 Å². The predicted octanol–water partition coefficient (Wildman–Crippen LogP) is 3.52. The maximum absolute atomic E-state index is 15.5. The van der Waals surface area contributed by atoms with Gasteiger partial charge in [0.15, 0.2) is 13.2 Å². The second-order valence-electron chi connectivity index (χ2n) is 9.42. The second-order valence-corrected chi connectivity index (χ2v) is 10.5. The van der Waals surface area contributed by atoms with Crippen molar-refractivity contribution in [3.05, 3.63) is 28.7 Å². The third kappa shape index (κ3) is 7.76. The molecule has 0 atom stereocenters. The van der Waals surface area contributed by atoms with E-state index in [0.29, 0.717) is 56.1 Å². The van der Waals surface area contributed by atoms with Crippen molar-refractivity contribution in [2.75, 3.05) is 32.8 Å². The topological polar surface area (TPSA) is 89.5 Å². The van der Waals surface area contributed by atoms with Crippen LogP contribution in [0.1, 0.15) is 48.4 Å². The van der Waals surface area contributed by atoms with Gasteiger partial charge >= 0.3 is 0 Å². The third-order valence-corrected chi connectivity index (χ3v) is 7.71. The van der Waals surface area contributed by atoms with Gasteiger partial charge in [-0.3, -0.25) is 9.78 Å². The first kappa shape index (κ1) is 26.6. The SMILES string of the molecule is Cc1cnc(OCC(=O)NC2CCC(F)(CCN3CCc4nc(OCC(F)F)sc4CC3)CC2)cn1. The van der Waals surface area contributed by atoms with Gasteiger partial charge in [-0.15, -0.1) is 0 Å². The summed E-state index contributed by atoms with van der Waals surface area (Å²) >= 11 is 1.33. The van der Waals surface area contributed by atoms with Crippen molar-refractivity contribution in [1.29, 1.82) is 0 Å². The highest BCUT2D eigenvalue weighted by Crippen LogP contribution is 2.35. The number of thiazole rings is 1. The van der Waals surface area contributed by atoms with Crippen molar-refractivity contribution in [2.45, 2.75) is 70.0 Å². The first-order valence-corrected chi connectivity index (χ1v) is 13.1. The summed E-state index contributed by atoms with van der Waals surface area (Å²) in [7, 11) is 0. The lowest BCUT2D eigenvalue weighted by Crippen LogP contribution is -2.44. The first-order valence-electron chi connectivity index (χ1n) is 12.3. The molecule has 1 aliphatic heterocycles. The van der Waals surface area contributed by atoms with E-state index in [1.54, 1.807) is 6.20 Å². The van der Waals surface area contributed by atoms with Gasteiger partial charge in [0, 0.05) is 37.0 Å². The highest BCUT2D eigenvalue weighted by atomic mass is 32.1. The summed E-state index contributed by atoms with van der Waals surface area (Å²) in [6, 6.07) is -0.0594. The summed E-state index contributed by atoms with van der Waals surface area (Å²) in [5.74, 6) is 0.0455. The molecule has 0 spiro atoms. The van der Waals surface area contributed by atoms with Crippen LogP contribution in [0.5, 0.6) is 11.1 Å². The van der Waals surface area contributed by atoms with E-state index in [0.717, 1.165) is 35.8 Å². The molecule has 1 fully saturated rings. The summed E-state index contributed by atoms with van der Waals surface area (Å²) in [5, 5.41) is 3.23. The van der Waals surface area contributed by atoms with E-state index in [2.05, 4.69) is 25.2 Å². The second kappa shape index (κ2) is 12.2. The Morgan fingerprint density at radius 3 is 2.72 bits per heavy atom. The van der Waals surface area contributed by atoms with Gasteiger partial charge in [-0.1, -0.05) is 11.3 Å². The number of hydrogen-bond donors (Lipinski definition) is 1. The predicted molar refractivity (Wildman–Crippen MR) is 129 cm³/mol. The minimum absolute atomic E-state index is 0.0594. The van der Waals surface area contributed by atoms with Crippen LogP contribution in [0.3, 0.4) is 0 Å². The Bertz CT molecular complexity index is 974. The van der Waals surface area contributed by atoms with E-state index in [-0.39, 0.29) is 18.6 Å².